The number of anilines is 1. The molecule has 1 aromatic rings. The second kappa shape index (κ2) is 7.85. The number of nitro groups is 1. The summed E-state index contributed by atoms with van der Waals surface area (Å²) in [7, 11) is 1.25. The minimum Gasteiger partial charge on any atom is -0.494 e. The number of hydrogen-bond acceptors (Lipinski definition) is 5. The van der Waals surface area contributed by atoms with Gasteiger partial charge in [0, 0.05) is 12.6 Å². The molecule has 1 aromatic carbocycles. The summed E-state index contributed by atoms with van der Waals surface area (Å²) in [6.45, 7) is 0.0741. The van der Waals surface area contributed by atoms with Crippen molar-refractivity contribution < 1.29 is 27.2 Å². The van der Waals surface area contributed by atoms with Crippen LogP contribution in [0.5, 0.6) is 5.75 Å². The van der Waals surface area contributed by atoms with E-state index in [0.717, 1.165) is 6.07 Å². The fourth-order valence-electron chi connectivity index (χ4n) is 2.85. The molecule has 0 aromatic heterocycles. The molecule has 2 rings (SSSR count). The van der Waals surface area contributed by atoms with Gasteiger partial charge >= 0.3 is 6.18 Å². The Bertz CT molecular complexity index is 617. The predicted octanol–water partition coefficient (Wildman–Crippen LogP) is 3.43. The maximum absolute atomic E-state index is 13.6. The molecule has 6 nitrogen and oxygen atoms in total. The highest BCUT2D eigenvalue weighted by Gasteiger charge is 2.32. The van der Waals surface area contributed by atoms with Crippen molar-refractivity contribution in [3.8, 4) is 5.75 Å². The van der Waals surface area contributed by atoms with Crippen molar-refractivity contribution in [3.05, 3.63) is 28.1 Å². The number of rotatable bonds is 6. The van der Waals surface area contributed by atoms with Crippen LogP contribution in [0, 0.1) is 21.8 Å². The molecule has 25 heavy (non-hydrogen) atoms. The molecule has 140 valence electrons. The largest absolute Gasteiger partial charge is 0.494 e. The Morgan fingerprint density at radius 3 is 2.52 bits per heavy atom. The molecular formula is C15H19F4N3O3. The van der Waals surface area contributed by atoms with E-state index >= 15 is 0 Å². The zero-order chi connectivity index (χ0) is 18.6. The van der Waals surface area contributed by atoms with E-state index in [1.807, 2.05) is 0 Å². The fraction of sp³-hybridized carbons (Fsp3) is 0.600. The van der Waals surface area contributed by atoms with Crippen molar-refractivity contribution in [2.45, 2.75) is 19.0 Å². The number of benzene rings is 1. The number of methoxy groups -OCH3 is 1. The summed E-state index contributed by atoms with van der Waals surface area (Å²) in [4.78, 5) is 11.7. The average molecular weight is 365 g/mol. The highest BCUT2D eigenvalue weighted by Crippen LogP contribution is 2.32. The Balaban J connectivity index is 1.95. The fourth-order valence-corrected chi connectivity index (χ4v) is 2.85. The third kappa shape index (κ3) is 5.45. The van der Waals surface area contributed by atoms with Crippen LogP contribution in [0.1, 0.15) is 12.8 Å². The van der Waals surface area contributed by atoms with Crippen molar-refractivity contribution in [2.24, 2.45) is 5.92 Å². The van der Waals surface area contributed by atoms with Gasteiger partial charge in [-0.2, -0.15) is 13.2 Å². The quantitative estimate of drug-likeness (QED) is 0.475. The second-order valence-electron chi connectivity index (χ2n) is 5.98. The molecule has 0 amide bonds. The van der Waals surface area contributed by atoms with Crippen LogP contribution in [0.2, 0.25) is 0 Å². The second-order valence-corrected chi connectivity index (χ2v) is 5.98. The van der Waals surface area contributed by atoms with Crippen LogP contribution in [0.15, 0.2) is 12.1 Å². The van der Waals surface area contributed by atoms with Gasteiger partial charge in [-0.05, 0) is 31.8 Å². The highest BCUT2D eigenvalue weighted by atomic mass is 19.4. The van der Waals surface area contributed by atoms with Crippen LogP contribution in [-0.2, 0) is 0 Å². The van der Waals surface area contributed by atoms with E-state index in [9.17, 15) is 27.7 Å². The zero-order valence-electron chi connectivity index (χ0n) is 13.6. The monoisotopic (exact) mass is 365 g/mol. The van der Waals surface area contributed by atoms with E-state index in [1.165, 1.54) is 18.1 Å². The van der Waals surface area contributed by atoms with Gasteiger partial charge < -0.3 is 10.1 Å². The van der Waals surface area contributed by atoms with Gasteiger partial charge in [0.2, 0.25) is 0 Å². The smallest absolute Gasteiger partial charge is 0.401 e. The summed E-state index contributed by atoms with van der Waals surface area (Å²) in [6.07, 6.45) is -3.11. The van der Waals surface area contributed by atoms with Gasteiger partial charge in [0.15, 0.2) is 11.6 Å². The lowest BCUT2D eigenvalue weighted by Gasteiger charge is -2.32. The molecule has 10 heteroatoms. The van der Waals surface area contributed by atoms with E-state index in [4.69, 9.17) is 4.74 Å². The molecular weight excluding hydrogens is 346 g/mol. The lowest BCUT2D eigenvalue weighted by molar-refractivity contribution is -0.384. The molecule has 1 fully saturated rings. The van der Waals surface area contributed by atoms with Gasteiger partial charge in [-0.1, -0.05) is 0 Å². The molecule has 1 aliphatic rings. The predicted molar refractivity (Wildman–Crippen MR) is 83.3 cm³/mol. The van der Waals surface area contributed by atoms with Crippen LogP contribution in [0.3, 0.4) is 0 Å². The van der Waals surface area contributed by atoms with Gasteiger partial charge in [0.1, 0.15) is 5.69 Å². The normalized spacial score (nSPS) is 16.7. The van der Waals surface area contributed by atoms with Crippen LogP contribution >= 0.6 is 0 Å². The van der Waals surface area contributed by atoms with Crippen LogP contribution in [0.4, 0.5) is 28.9 Å². The van der Waals surface area contributed by atoms with E-state index in [0.29, 0.717) is 32.5 Å². The molecule has 1 saturated heterocycles. The van der Waals surface area contributed by atoms with Crippen molar-refractivity contribution in [1.29, 1.82) is 0 Å². The molecule has 0 saturated carbocycles. The summed E-state index contributed by atoms with van der Waals surface area (Å²) in [5.41, 5.74) is -0.284. The number of ether oxygens (including phenoxy) is 1. The number of nitrogens with zero attached hydrogens (tertiary/aromatic N) is 2. The average Bonchev–Trinajstić information content (AvgIpc) is 2.53. The number of alkyl halides is 3. The number of likely N-dealkylation sites (tertiary alicyclic amines) is 1. The minimum absolute atomic E-state index is 0.0835. The lowest BCUT2D eigenvalue weighted by atomic mass is 9.96. The molecule has 0 radical (unpaired) electrons. The Labute approximate surface area is 141 Å². The Hall–Kier alpha value is -2.10. The Morgan fingerprint density at radius 1 is 1.36 bits per heavy atom. The summed E-state index contributed by atoms with van der Waals surface area (Å²) in [5.74, 6) is -0.867. The zero-order valence-corrected chi connectivity index (χ0v) is 13.6. The van der Waals surface area contributed by atoms with Crippen molar-refractivity contribution in [3.63, 3.8) is 0 Å². The SMILES string of the molecule is COc1cc(NCC2CCN(CC(F)(F)F)CC2)c([N+](=O)[O-])cc1F. The summed E-state index contributed by atoms with van der Waals surface area (Å²) >= 11 is 0. The number of piperidine rings is 1. The van der Waals surface area contributed by atoms with E-state index in [-0.39, 0.29) is 17.4 Å². The molecule has 0 unspecified atom stereocenters. The number of nitro benzene ring substituents is 1. The molecule has 1 aliphatic heterocycles. The van der Waals surface area contributed by atoms with E-state index in [2.05, 4.69) is 5.32 Å². The Morgan fingerprint density at radius 2 is 2.00 bits per heavy atom. The van der Waals surface area contributed by atoms with Gasteiger partial charge in [-0.3, -0.25) is 15.0 Å². The van der Waals surface area contributed by atoms with Crippen molar-refractivity contribution in [1.82, 2.24) is 4.90 Å². The van der Waals surface area contributed by atoms with Gasteiger partial charge in [-0.25, -0.2) is 4.39 Å². The highest BCUT2D eigenvalue weighted by molar-refractivity contribution is 5.64. The number of nitrogens with one attached hydrogen (secondary N) is 1. The summed E-state index contributed by atoms with van der Waals surface area (Å²) in [5, 5.41) is 13.9. The lowest BCUT2D eigenvalue weighted by Crippen LogP contribution is -2.41. The first-order chi connectivity index (χ1) is 11.7. The summed E-state index contributed by atoms with van der Waals surface area (Å²) < 4.78 is 55.5. The first kappa shape index (κ1) is 19.2. The number of halogens is 4. The Kier molecular flexibility index (Phi) is 6.04. The standard InChI is InChI=1S/C15H19F4N3O3/c1-25-14-7-12(13(22(23)24)6-11(14)16)20-8-10-2-4-21(5-3-10)9-15(17,18)19/h6-7,10,20H,2-5,8-9H2,1H3. The molecule has 0 aliphatic carbocycles. The van der Waals surface area contributed by atoms with Gasteiger partial charge in [0.25, 0.3) is 5.69 Å². The maximum atomic E-state index is 13.6. The van der Waals surface area contributed by atoms with Crippen molar-refractivity contribution in [2.75, 3.05) is 38.6 Å². The molecule has 1 N–H and O–H groups in total. The van der Waals surface area contributed by atoms with Crippen molar-refractivity contribution >= 4 is 11.4 Å². The molecule has 0 atom stereocenters. The molecule has 1 heterocycles. The van der Waals surface area contributed by atoms with Crippen LogP contribution in [-0.4, -0.2) is 49.3 Å². The summed E-state index contributed by atoms with van der Waals surface area (Å²) in [6, 6.07) is 2.00. The van der Waals surface area contributed by atoms with Gasteiger partial charge in [-0.15, -0.1) is 0 Å². The first-order valence-corrected chi connectivity index (χ1v) is 7.74. The third-order valence-corrected chi connectivity index (χ3v) is 4.16. The first-order valence-electron chi connectivity index (χ1n) is 7.74. The third-order valence-electron chi connectivity index (χ3n) is 4.16. The van der Waals surface area contributed by atoms with E-state index in [1.54, 1.807) is 0 Å². The topological polar surface area (TPSA) is 67.6 Å². The minimum atomic E-state index is -4.21. The number of hydrogen-bond donors (Lipinski definition) is 1. The van der Waals surface area contributed by atoms with Crippen LogP contribution < -0.4 is 10.1 Å². The van der Waals surface area contributed by atoms with Crippen LogP contribution in [0.25, 0.3) is 0 Å². The molecule has 0 spiro atoms. The molecule has 0 bridgehead atoms. The van der Waals surface area contributed by atoms with Gasteiger partial charge in [0.05, 0.1) is 24.6 Å². The maximum Gasteiger partial charge on any atom is 0.401 e. The van der Waals surface area contributed by atoms with E-state index < -0.39 is 29.1 Å².